The Morgan fingerprint density at radius 3 is 2.79 bits per heavy atom. The van der Waals surface area contributed by atoms with E-state index in [2.05, 4.69) is 27.1 Å². The molecule has 5 heteroatoms. The van der Waals surface area contributed by atoms with Crippen molar-refractivity contribution in [1.82, 2.24) is 20.2 Å². The van der Waals surface area contributed by atoms with Gasteiger partial charge in [0.2, 0.25) is 0 Å². The molecule has 0 amide bonds. The van der Waals surface area contributed by atoms with E-state index in [1.54, 1.807) is 6.07 Å². The fourth-order valence-electron chi connectivity index (χ4n) is 2.54. The van der Waals surface area contributed by atoms with Gasteiger partial charge in [-0.2, -0.15) is 0 Å². The third-order valence-corrected chi connectivity index (χ3v) is 3.73. The summed E-state index contributed by atoms with van der Waals surface area (Å²) in [5.74, 6) is 0.755. The molecule has 1 unspecified atom stereocenters. The molecule has 0 aliphatic carbocycles. The first-order valence-electron chi connectivity index (χ1n) is 6.69. The molecule has 1 atom stereocenters. The number of aromatic nitrogens is 2. The van der Waals surface area contributed by atoms with Crippen molar-refractivity contribution in [2.45, 2.75) is 13.0 Å². The molecule has 0 radical (unpaired) electrons. The Morgan fingerprint density at radius 1 is 1.26 bits per heavy atom. The molecule has 1 fully saturated rings. The molecular weight excluding hydrogens is 240 g/mol. The third kappa shape index (κ3) is 2.39. The standard InChI is InChI=1S/C14H18N4O/c1-10(18-8-6-15-7-9-18)13-16-12-5-3-2-4-11(12)14(19)17-13/h2-5,10,15H,6-9H2,1H3,(H,16,17,19). The van der Waals surface area contributed by atoms with Crippen LogP contribution < -0.4 is 10.9 Å². The highest BCUT2D eigenvalue weighted by atomic mass is 16.1. The number of fused-ring (bicyclic) bond motifs is 1. The summed E-state index contributed by atoms with van der Waals surface area (Å²) in [5, 5.41) is 3.98. The highest BCUT2D eigenvalue weighted by Crippen LogP contribution is 2.17. The van der Waals surface area contributed by atoms with Crippen LogP contribution in [0.4, 0.5) is 0 Å². The summed E-state index contributed by atoms with van der Waals surface area (Å²) < 4.78 is 0. The maximum atomic E-state index is 12.1. The molecule has 5 nitrogen and oxygen atoms in total. The molecule has 2 aromatic rings. The van der Waals surface area contributed by atoms with Crippen LogP contribution >= 0.6 is 0 Å². The van der Waals surface area contributed by atoms with Crippen LogP contribution in [0.2, 0.25) is 0 Å². The molecule has 19 heavy (non-hydrogen) atoms. The minimum Gasteiger partial charge on any atom is -0.314 e. The van der Waals surface area contributed by atoms with Crippen molar-refractivity contribution in [2.24, 2.45) is 0 Å². The van der Waals surface area contributed by atoms with Crippen molar-refractivity contribution >= 4 is 10.9 Å². The van der Waals surface area contributed by atoms with Gasteiger partial charge in [-0.15, -0.1) is 0 Å². The SMILES string of the molecule is CC(c1nc2ccccc2c(=O)[nH]1)N1CCNCC1. The first-order chi connectivity index (χ1) is 9.25. The second-order valence-corrected chi connectivity index (χ2v) is 4.93. The summed E-state index contributed by atoms with van der Waals surface area (Å²) in [6.07, 6.45) is 0. The lowest BCUT2D eigenvalue weighted by atomic mass is 10.2. The van der Waals surface area contributed by atoms with Crippen molar-refractivity contribution in [3.63, 3.8) is 0 Å². The average molecular weight is 258 g/mol. The summed E-state index contributed by atoms with van der Waals surface area (Å²) in [4.78, 5) is 21.9. The van der Waals surface area contributed by atoms with Gasteiger partial charge in [0.05, 0.1) is 16.9 Å². The minimum atomic E-state index is -0.0532. The van der Waals surface area contributed by atoms with Crippen LogP contribution in [0.5, 0.6) is 0 Å². The zero-order chi connectivity index (χ0) is 13.2. The molecule has 2 N–H and O–H groups in total. The van der Waals surface area contributed by atoms with Crippen LogP contribution in [0.25, 0.3) is 10.9 Å². The van der Waals surface area contributed by atoms with E-state index in [4.69, 9.17) is 0 Å². The largest absolute Gasteiger partial charge is 0.314 e. The minimum absolute atomic E-state index is 0.0532. The number of hydrogen-bond acceptors (Lipinski definition) is 4. The molecule has 1 aromatic carbocycles. The van der Waals surface area contributed by atoms with Gasteiger partial charge in [-0.05, 0) is 19.1 Å². The first-order valence-corrected chi connectivity index (χ1v) is 6.69. The van der Waals surface area contributed by atoms with Gasteiger partial charge in [0.25, 0.3) is 5.56 Å². The zero-order valence-corrected chi connectivity index (χ0v) is 11.0. The highest BCUT2D eigenvalue weighted by Gasteiger charge is 2.20. The second kappa shape index (κ2) is 5.11. The predicted octanol–water partition coefficient (Wildman–Crippen LogP) is 0.889. The topological polar surface area (TPSA) is 61.0 Å². The number of nitrogens with zero attached hydrogens (tertiary/aromatic N) is 2. The van der Waals surface area contributed by atoms with Crippen LogP contribution in [0.15, 0.2) is 29.1 Å². The molecule has 100 valence electrons. The summed E-state index contributed by atoms with van der Waals surface area (Å²) in [6, 6.07) is 7.60. The molecule has 2 heterocycles. The molecule has 1 aromatic heterocycles. The monoisotopic (exact) mass is 258 g/mol. The summed E-state index contributed by atoms with van der Waals surface area (Å²) >= 11 is 0. The van der Waals surface area contributed by atoms with Gasteiger partial charge >= 0.3 is 0 Å². The van der Waals surface area contributed by atoms with E-state index in [0.717, 1.165) is 37.5 Å². The summed E-state index contributed by atoms with van der Waals surface area (Å²) in [7, 11) is 0. The Bertz CT molecular complexity index is 631. The number of nitrogens with one attached hydrogen (secondary N) is 2. The summed E-state index contributed by atoms with van der Waals surface area (Å²) in [5.41, 5.74) is 0.714. The Hall–Kier alpha value is -1.72. The van der Waals surface area contributed by atoms with Crippen molar-refractivity contribution < 1.29 is 0 Å². The van der Waals surface area contributed by atoms with Crippen LogP contribution in [-0.4, -0.2) is 41.0 Å². The maximum absolute atomic E-state index is 12.1. The number of hydrogen-bond donors (Lipinski definition) is 2. The Balaban J connectivity index is 1.98. The summed E-state index contributed by atoms with van der Waals surface area (Å²) in [6.45, 7) is 6.04. The van der Waals surface area contributed by atoms with E-state index in [9.17, 15) is 4.79 Å². The van der Waals surface area contributed by atoms with E-state index in [1.165, 1.54) is 0 Å². The smallest absolute Gasteiger partial charge is 0.258 e. The van der Waals surface area contributed by atoms with E-state index < -0.39 is 0 Å². The molecule has 1 saturated heterocycles. The Morgan fingerprint density at radius 2 is 2.00 bits per heavy atom. The van der Waals surface area contributed by atoms with Gasteiger partial charge in [0.15, 0.2) is 0 Å². The van der Waals surface area contributed by atoms with Gasteiger partial charge in [0, 0.05) is 26.2 Å². The Labute approximate surface area is 111 Å². The fourth-order valence-corrected chi connectivity index (χ4v) is 2.54. The quantitative estimate of drug-likeness (QED) is 0.840. The van der Waals surface area contributed by atoms with Crippen LogP contribution in [0.3, 0.4) is 0 Å². The van der Waals surface area contributed by atoms with E-state index in [1.807, 2.05) is 18.2 Å². The lowest BCUT2D eigenvalue weighted by Gasteiger charge is -2.32. The predicted molar refractivity (Wildman–Crippen MR) is 75.2 cm³/mol. The molecule has 3 rings (SSSR count). The maximum Gasteiger partial charge on any atom is 0.258 e. The van der Waals surface area contributed by atoms with Gasteiger partial charge in [-0.3, -0.25) is 9.69 Å². The lowest BCUT2D eigenvalue weighted by Crippen LogP contribution is -2.45. The van der Waals surface area contributed by atoms with Crippen molar-refractivity contribution in [1.29, 1.82) is 0 Å². The highest BCUT2D eigenvalue weighted by molar-refractivity contribution is 5.77. The van der Waals surface area contributed by atoms with Crippen LogP contribution in [0.1, 0.15) is 18.8 Å². The van der Waals surface area contributed by atoms with Gasteiger partial charge in [0.1, 0.15) is 5.82 Å². The van der Waals surface area contributed by atoms with E-state index in [-0.39, 0.29) is 11.6 Å². The van der Waals surface area contributed by atoms with Crippen molar-refractivity contribution in [2.75, 3.05) is 26.2 Å². The van der Waals surface area contributed by atoms with Crippen LogP contribution in [0, 0.1) is 0 Å². The average Bonchev–Trinajstić information content (AvgIpc) is 2.47. The second-order valence-electron chi connectivity index (χ2n) is 4.93. The first kappa shape index (κ1) is 12.3. The zero-order valence-electron chi connectivity index (χ0n) is 11.0. The molecule has 0 bridgehead atoms. The van der Waals surface area contributed by atoms with E-state index >= 15 is 0 Å². The number of aromatic amines is 1. The number of rotatable bonds is 2. The molecule has 0 spiro atoms. The number of piperazine rings is 1. The van der Waals surface area contributed by atoms with Gasteiger partial charge in [-0.1, -0.05) is 12.1 Å². The molecule has 1 aliphatic heterocycles. The van der Waals surface area contributed by atoms with Gasteiger partial charge in [-0.25, -0.2) is 4.98 Å². The third-order valence-electron chi connectivity index (χ3n) is 3.73. The van der Waals surface area contributed by atoms with E-state index in [0.29, 0.717) is 5.39 Å². The number of benzene rings is 1. The van der Waals surface area contributed by atoms with Gasteiger partial charge < -0.3 is 10.3 Å². The molecule has 0 saturated carbocycles. The van der Waals surface area contributed by atoms with Crippen molar-refractivity contribution in [3.8, 4) is 0 Å². The van der Waals surface area contributed by atoms with Crippen molar-refractivity contribution in [3.05, 3.63) is 40.4 Å². The normalized spacial score (nSPS) is 18.6. The van der Waals surface area contributed by atoms with Crippen LogP contribution in [-0.2, 0) is 0 Å². The Kier molecular flexibility index (Phi) is 3.31. The number of para-hydroxylation sites is 1. The molecule has 1 aliphatic rings. The lowest BCUT2D eigenvalue weighted by molar-refractivity contribution is 0.179. The fraction of sp³-hybridized carbons (Fsp3) is 0.429. The number of H-pyrrole nitrogens is 1. The molecular formula is C14H18N4O.